The van der Waals surface area contributed by atoms with Gasteiger partial charge in [0.05, 0.1) is 11.0 Å². The second kappa shape index (κ2) is 11.1. The molecule has 9 aromatic carbocycles. The average molecular weight is 639 g/mol. The summed E-state index contributed by atoms with van der Waals surface area (Å²) in [6, 6.07) is 62.5. The average Bonchev–Trinajstić information content (AvgIpc) is 3.49. The summed E-state index contributed by atoms with van der Waals surface area (Å²) < 4.78 is 2.45. The van der Waals surface area contributed by atoms with Gasteiger partial charge in [0.1, 0.15) is 0 Å². The summed E-state index contributed by atoms with van der Waals surface area (Å²) in [6.45, 7) is 4.31. The van der Waals surface area contributed by atoms with Crippen LogP contribution in [-0.4, -0.2) is 4.57 Å². The molecule has 2 nitrogen and oxygen atoms in total. The van der Waals surface area contributed by atoms with Gasteiger partial charge in [-0.05, 0) is 124 Å². The summed E-state index contributed by atoms with van der Waals surface area (Å²) >= 11 is 0. The molecule has 2 heteroatoms. The molecule has 236 valence electrons. The van der Waals surface area contributed by atoms with Crippen molar-refractivity contribution in [3.8, 4) is 16.8 Å². The van der Waals surface area contributed by atoms with Crippen LogP contribution in [0.5, 0.6) is 0 Å². The van der Waals surface area contributed by atoms with E-state index in [1.807, 2.05) is 0 Å². The lowest BCUT2D eigenvalue weighted by Crippen LogP contribution is -2.10. The van der Waals surface area contributed by atoms with Crippen LogP contribution in [0.4, 0.5) is 17.1 Å². The van der Waals surface area contributed by atoms with E-state index in [0.717, 1.165) is 17.1 Å². The molecule has 0 aliphatic carbocycles. The Morgan fingerprint density at radius 3 is 1.80 bits per heavy atom. The molecule has 1 heterocycles. The van der Waals surface area contributed by atoms with E-state index in [1.54, 1.807) is 0 Å². The molecule has 0 radical (unpaired) electrons. The molecule has 0 spiro atoms. The number of fused-ring (bicyclic) bond motifs is 4. The van der Waals surface area contributed by atoms with Crippen molar-refractivity contribution in [3.05, 3.63) is 181 Å². The highest BCUT2D eigenvalue weighted by Gasteiger charge is 2.20. The minimum atomic E-state index is 1.14. The fourth-order valence-corrected chi connectivity index (χ4v) is 8.19. The van der Waals surface area contributed by atoms with Gasteiger partial charge in [-0.3, -0.25) is 0 Å². The van der Waals surface area contributed by atoms with E-state index in [9.17, 15) is 0 Å². The van der Waals surface area contributed by atoms with E-state index in [0.29, 0.717) is 0 Å². The Kier molecular flexibility index (Phi) is 6.34. The van der Waals surface area contributed by atoms with Gasteiger partial charge in [-0.25, -0.2) is 0 Å². The topological polar surface area (TPSA) is 8.17 Å². The molecule has 0 aliphatic rings. The first kappa shape index (κ1) is 28.6. The van der Waals surface area contributed by atoms with Crippen LogP contribution in [0, 0.1) is 13.8 Å². The normalized spacial score (nSPS) is 11.8. The van der Waals surface area contributed by atoms with Crippen LogP contribution in [0.15, 0.2) is 170 Å². The van der Waals surface area contributed by atoms with E-state index in [4.69, 9.17) is 0 Å². The zero-order valence-electron chi connectivity index (χ0n) is 28.1. The first-order chi connectivity index (χ1) is 24.6. The first-order valence-corrected chi connectivity index (χ1v) is 17.4. The molecule has 0 amide bonds. The van der Waals surface area contributed by atoms with Crippen LogP contribution in [0.3, 0.4) is 0 Å². The lowest BCUT2D eigenvalue weighted by Gasteiger charge is -2.26. The van der Waals surface area contributed by atoms with Crippen molar-refractivity contribution in [2.75, 3.05) is 4.90 Å². The van der Waals surface area contributed by atoms with Crippen LogP contribution in [-0.2, 0) is 0 Å². The monoisotopic (exact) mass is 638 g/mol. The SMILES string of the molecule is Cc1cccc(N(c2ccc(-c3ccc4ccc5c6c(ccc3c46)cc3c4ccccc4n(-c4ccccc4)c35)cc2)c2cccc(C)c2)c1. The highest BCUT2D eigenvalue weighted by atomic mass is 15.1. The van der Waals surface area contributed by atoms with Crippen LogP contribution < -0.4 is 4.90 Å². The van der Waals surface area contributed by atoms with Gasteiger partial charge in [0.25, 0.3) is 0 Å². The van der Waals surface area contributed by atoms with Crippen LogP contribution in [0.25, 0.3) is 70.9 Å². The third kappa shape index (κ3) is 4.35. The first-order valence-electron chi connectivity index (χ1n) is 17.4. The summed E-state index contributed by atoms with van der Waals surface area (Å²) in [5.74, 6) is 0. The molecule has 1 aromatic heterocycles. The number of hydrogen-bond donors (Lipinski definition) is 0. The summed E-state index contributed by atoms with van der Waals surface area (Å²) in [5.41, 5.74) is 12.1. The number of benzene rings is 9. The Hall–Kier alpha value is -6.38. The van der Waals surface area contributed by atoms with Crippen molar-refractivity contribution < 1.29 is 0 Å². The molecule has 0 fully saturated rings. The number of aryl methyl sites for hydroxylation is 2. The zero-order valence-corrected chi connectivity index (χ0v) is 28.1. The van der Waals surface area contributed by atoms with Gasteiger partial charge in [0.15, 0.2) is 0 Å². The number of para-hydroxylation sites is 2. The summed E-state index contributed by atoms with van der Waals surface area (Å²) in [6.07, 6.45) is 0. The maximum Gasteiger partial charge on any atom is 0.0620 e. The third-order valence-corrected chi connectivity index (χ3v) is 10.4. The molecule has 0 aliphatic heterocycles. The Morgan fingerprint density at radius 2 is 1.06 bits per heavy atom. The molecule has 0 bridgehead atoms. The predicted molar refractivity (Wildman–Crippen MR) is 214 cm³/mol. The van der Waals surface area contributed by atoms with Crippen LogP contribution in [0.2, 0.25) is 0 Å². The number of aromatic nitrogens is 1. The standard InChI is InChI=1S/C48H34N2/c1-31-10-8-14-38(28-31)49(39-15-9-11-32(2)29-39)37-23-18-33(19-24-37)40-25-20-34-21-27-43-47-35(22-26-42(40)46(34)47)30-44-41-16-6-7-17-45(41)50(48(43)44)36-12-4-3-5-13-36/h3-30H,1-2H3. The lowest BCUT2D eigenvalue weighted by atomic mass is 9.89. The second-order valence-electron chi connectivity index (χ2n) is 13.6. The van der Waals surface area contributed by atoms with E-state index in [1.165, 1.54) is 82.1 Å². The van der Waals surface area contributed by atoms with E-state index < -0.39 is 0 Å². The summed E-state index contributed by atoms with van der Waals surface area (Å²) in [4.78, 5) is 2.35. The van der Waals surface area contributed by atoms with Gasteiger partial charge in [-0.2, -0.15) is 0 Å². The van der Waals surface area contributed by atoms with Gasteiger partial charge in [-0.15, -0.1) is 0 Å². The van der Waals surface area contributed by atoms with Gasteiger partial charge in [-0.1, -0.05) is 109 Å². The zero-order chi connectivity index (χ0) is 33.3. The molecule has 0 atom stereocenters. The maximum absolute atomic E-state index is 2.45. The Balaban J connectivity index is 1.17. The Morgan fingerprint density at radius 1 is 0.420 bits per heavy atom. The number of hydrogen-bond acceptors (Lipinski definition) is 1. The molecule has 50 heavy (non-hydrogen) atoms. The van der Waals surface area contributed by atoms with Crippen molar-refractivity contribution in [1.29, 1.82) is 0 Å². The number of anilines is 3. The van der Waals surface area contributed by atoms with Crippen LogP contribution >= 0.6 is 0 Å². The maximum atomic E-state index is 2.45. The second-order valence-corrected chi connectivity index (χ2v) is 13.6. The lowest BCUT2D eigenvalue weighted by molar-refractivity contribution is 1.19. The van der Waals surface area contributed by atoms with Gasteiger partial charge in [0.2, 0.25) is 0 Å². The predicted octanol–water partition coefficient (Wildman–Crippen LogP) is 13.4. The molecule has 10 aromatic rings. The molecule has 0 unspecified atom stereocenters. The number of rotatable bonds is 5. The highest BCUT2D eigenvalue weighted by molar-refractivity contribution is 6.32. The fourth-order valence-electron chi connectivity index (χ4n) is 8.19. The summed E-state index contributed by atoms with van der Waals surface area (Å²) in [5, 5.41) is 10.3. The largest absolute Gasteiger partial charge is 0.310 e. The van der Waals surface area contributed by atoms with Gasteiger partial charge < -0.3 is 9.47 Å². The third-order valence-electron chi connectivity index (χ3n) is 10.4. The van der Waals surface area contributed by atoms with Crippen molar-refractivity contribution in [2.24, 2.45) is 0 Å². The molecule has 10 rings (SSSR count). The minimum Gasteiger partial charge on any atom is -0.310 e. The Labute approximate surface area is 291 Å². The highest BCUT2D eigenvalue weighted by Crippen LogP contribution is 2.45. The van der Waals surface area contributed by atoms with E-state index in [2.05, 4.69) is 193 Å². The number of nitrogens with zero attached hydrogens (tertiary/aromatic N) is 2. The quantitative estimate of drug-likeness (QED) is 0.170. The minimum absolute atomic E-state index is 1.14. The van der Waals surface area contributed by atoms with Gasteiger partial charge >= 0.3 is 0 Å². The molecule has 0 N–H and O–H groups in total. The Bertz CT molecular complexity index is 2830. The molecular formula is C48H34N2. The van der Waals surface area contributed by atoms with Crippen molar-refractivity contribution in [1.82, 2.24) is 4.57 Å². The molecule has 0 saturated carbocycles. The summed E-state index contributed by atoms with van der Waals surface area (Å²) in [7, 11) is 0. The van der Waals surface area contributed by atoms with Crippen molar-refractivity contribution in [3.63, 3.8) is 0 Å². The molecule has 0 saturated heterocycles. The van der Waals surface area contributed by atoms with Crippen molar-refractivity contribution >= 4 is 71.2 Å². The van der Waals surface area contributed by atoms with E-state index in [-0.39, 0.29) is 0 Å². The van der Waals surface area contributed by atoms with E-state index >= 15 is 0 Å². The smallest absolute Gasteiger partial charge is 0.0620 e. The van der Waals surface area contributed by atoms with Crippen molar-refractivity contribution in [2.45, 2.75) is 13.8 Å². The fraction of sp³-hybridized carbons (Fsp3) is 0.0417. The van der Waals surface area contributed by atoms with Gasteiger partial charge in [0, 0.05) is 38.9 Å². The van der Waals surface area contributed by atoms with Crippen LogP contribution in [0.1, 0.15) is 11.1 Å². The molecular weight excluding hydrogens is 605 g/mol.